The Labute approximate surface area is 266 Å². The van der Waals surface area contributed by atoms with E-state index in [9.17, 15) is 5.11 Å². The molecule has 0 aliphatic carbocycles. The van der Waals surface area contributed by atoms with Gasteiger partial charge < -0.3 is 19.6 Å². The lowest BCUT2D eigenvalue weighted by molar-refractivity contribution is 0.353. The topological polar surface area (TPSA) is 59.7 Å². The summed E-state index contributed by atoms with van der Waals surface area (Å²) in [5.41, 5.74) is 6.77. The Morgan fingerprint density at radius 2 is 1.40 bits per heavy atom. The van der Waals surface area contributed by atoms with Gasteiger partial charge in [-0.05, 0) is 61.5 Å². The van der Waals surface area contributed by atoms with Crippen LogP contribution >= 0.6 is 0 Å². The fourth-order valence-electron chi connectivity index (χ4n) is 4.99. The highest BCUT2D eigenvalue weighted by atomic mass is 16.5. The lowest BCUT2D eigenvalue weighted by Crippen LogP contribution is -2.22. The van der Waals surface area contributed by atoms with Crippen molar-refractivity contribution in [1.82, 2.24) is 0 Å². The van der Waals surface area contributed by atoms with Crippen molar-refractivity contribution in [1.29, 1.82) is 5.26 Å². The highest BCUT2D eigenvalue weighted by Gasteiger charge is 2.25. The Morgan fingerprint density at radius 3 is 1.93 bits per heavy atom. The SMILES string of the molecule is C=C/C=C\C(=C/C)N(c1ccccc1)c1cc(OC[B]c2ccc(C#N)cc2)c(O)cc1N(c1ccccc1)c1ccccc1. The molecule has 0 saturated carbocycles. The van der Waals surface area contributed by atoms with Crippen LogP contribution in [0.1, 0.15) is 12.5 Å². The van der Waals surface area contributed by atoms with E-state index in [1.54, 1.807) is 24.3 Å². The molecule has 0 fully saturated rings. The summed E-state index contributed by atoms with van der Waals surface area (Å²) in [5, 5.41) is 20.6. The number of phenolic OH excluding ortho intramolecular Hbond substituents is 1. The number of nitrogens with zero attached hydrogens (tertiary/aromatic N) is 3. The van der Waals surface area contributed by atoms with Gasteiger partial charge in [-0.15, -0.1) is 0 Å². The van der Waals surface area contributed by atoms with Crippen LogP contribution in [0, 0.1) is 11.3 Å². The first-order chi connectivity index (χ1) is 22.1. The Morgan fingerprint density at radius 1 is 0.822 bits per heavy atom. The first kappa shape index (κ1) is 30.5. The van der Waals surface area contributed by atoms with Gasteiger partial charge in [-0.2, -0.15) is 5.26 Å². The number of rotatable bonds is 12. The van der Waals surface area contributed by atoms with Crippen molar-refractivity contribution >= 4 is 41.2 Å². The molecule has 0 saturated heterocycles. The lowest BCUT2D eigenvalue weighted by atomic mass is 9.71. The zero-order valence-electron chi connectivity index (χ0n) is 25.1. The quantitative estimate of drug-likeness (QED) is 0.117. The Hall–Kier alpha value is -5.93. The molecule has 0 spiro atoms. The lowest BCUT2D eigenvalue weighted by Gasteiger charge is -2.34. The van der Waals surface area contributed by atoms with E-state index in [1.807, 2.05) is 129 Å². The molecule has 5 nitrogen and oxygen atoms in total. The Bertz CT molecular complexity index is 1770. The number of allylic oxidation sites excluding steroid dienone is 4. The van der Waals surface area contributed by atoms with Crippen molar-refractivity contribution in [2.75, 3.05) is 16.3 Å². The second kappa shape index (κ2) is 15.0. The van der Waals surface area contributed by atoms with E-state index in [4.69, 9.17) is 10.00 Å². The number of para-hydroxylation sites is 3. The summed E-state index contributed by atoms with van der Waals surface area (Å²) in [4.78, 5) is 4.27. The van der Waals surface area contributed by atoms with Gasteiger partial charge in [0.2, 0.25) is 7.28 Å². The molecule has 5 aromatic rings. The Balaban J connectivity index is 1.68. The van der Waals surface area contributed by atoms with E-state index in [-0.39, 0.29) is 12.3 Å². The monoisotopic (exact) mass is 586 g/mol. The number of nitriles is 1. The minimum Gasteiger partial charge on any atom is -0.504 e. The van der Waals surface area contributed by atoms with Gasteiger partial charge in [0.15, 0.2) is 11.5 Å². The van der Waals surface area contributed by atoms with Crippen LogP contribution in [0.25, 0.3) is 0 Å². The standard InChI is InChI=1S/C39H33BN3O2/c1-3-5-15-32(4-2)42(33-16-9-6-10-17-33)37-27-39(45-29-40-31-24-22-30(28-41)23-25-31)38(44)26-36(37)43(34-18-11-7-12-19-34)35-20-13-8-14-21-35/h3-27,44H,1,29H2,2H3/b15-5-,32-4+. The number of aromatic hydroxyl groups is 1. The first-order valence-corrected chi connectivity index (χ1v) is 14.7. The zero-order valence-corrected chi connectivity index (χ0v) is 25.1. The Kier molecular flexibility index (Phi) is 10.2. The normalized spacial score (nSPS) is 11.1. The first-order valence-electron chi connectivity index (χ1n) is 14.7. The van der Waals surface area contributed by atoms with E-state index in [0.29, 0.717) is 11.3 Å². The maximum absolute atomic E-state index is 11.5. The van der Waals surface area contributed by atoms with Gasteiger partial charge in [-0.1, -0.05) is 97.0 Å². The fraction of sp³-hybridized carbons (Fsp3) is 0.0513. The zero-order chi connectivity index (χ0) is 31.4. The van der Waals surface area contributed by atoms with Crippen LogP contribution in [-0.4, -0.2) is 18.9 Å². The summed E-state index contributed by atoms with van der Waals surface area (Å²) in [7, 11) is 1.91. The molecular formula is C39H33BN3O2. The van der Waals surface area contributed by atoms with E-state index in [1.165, 1.54) is 0 Å². The van der Waals surface area contributed by atoms with E-state index < -0.39 is 0 Å². The molecule has 0 aliphatic heterocycles. The summed E-state index contributed by atoms with van der Waals surface area (Å²) in [6.45, 7) is 6.09. The maximum atomic E-state index is 11.5. The number of ether oxygens (including phenoxy) is 1. The number of anilines is 5. The molecule has 45 heavy (non-hydrogen) atoms. The molecule has 1 N–H and O–H groups in total. The minimum atomic E-state index is 0.00974. The van der Waals surface area contributed by atoms with Crippen LogP contribution < -0.4 is 20.0 Å². The third-order valence-corrected chi connectivity index (χ3v) is 7.14. The molecule has 0 heterocycles. The molecule has 0 amide bonds. The van der Waals surface area contributed by atoms with Crippen LogP contribution in [0.5, 0.6) is 11.5 Å². The summed E-state index contributed by atoms with van der Waals surface area (Å²) < 4.78 is 6.20. The molecule has 0 unspecified atom stereocenters. The molecule has 5 rings (SSSR count). The summed E-state index contributed by atoms with van der Waals surface area (Å²) >= 11 is 0. The second-order valence-electron chi connectivity index (χ2n) is 10.0. The van der Waals surface area contributed by atoms with Crippen molar-refractivity contribution in [3.05, 3.63) is 170 Å². The largest absolute Gasteiger partial charge is 0.504 e. The van der Waals surface area contributed by atoms with Gasteiger partial charge in [0.1, 0.15) is 0 Å². The van der Waals surface area contributed by atoms with Gasteiger partial charge in [0, 0.05) is 34.9 Å². The molecule has 0 bridgehead atoms. The van der Waals surface area contributed by atoms with Crippen LogP contribution in [0.2, 0.25) is 0 Å². The number of hydrogen-bond donors (Lipinski definition) is 1. The fourth-order valence-corrected chi connectivity index (χ4v) is 4.99. The molecule has 5 aromatic carbocycles. The minimum absolute atomic E-state index is 0.00974. The van der Waals surface area contributed by atoms with Crippen LogP contribution in [0.4, 0.5) is 28.4 Å². The van der Waals surface area contributed by atoms with Crippen molar-refractivity contribution in [3.8, 4) is 17.6 Å². The predicted octanol–water partition coefficient (Wildman–Crippen LogP) is 8.88. The van der Waals surface area contributed by atoms with E-state index >= 15 is 0 Å². The van der Waals surface area contributed by atoms with Crippen molar-refractivity contribution < 1.29 is 9.84 Å². The molecular weight excluding hydrogens is 553 g/mol. The second-order valence-corrected chi connectivity index (χ2v) is 10.0. The number of phenols is 1. The number of hydrogen-bond acceptors (Lipinski definition) is 5. The summed E-state index contributed by atoms with van der Waals surface area (Å²) in [6.07, 6.45) is 7.70. The maximum Gasteiger partial charge on any atom is 0.201 e. The summed E-state index contributed by atoms with van der Waals surface area (Å²) in [6, 6.07) is 43.3. The van der Waals surface area contributed by atoms with E-state index in [0.717, 1.165) is 39.6 Å². The third-order valence-electron chi connectivity index (χ3n) is 7.14. The highest BCUT2D eigenvalue weighted by Crippen LogP contribution is 2.48. The summed E-state index contributed by atoms with van der Waals surface area (Å²) in [5.74, 6) is 0.347. The van der Waals surface area contributed by atoms with Gasteiger partial charge in [0.25, 0.3) is 0 Å². The van der Waals surface area contributed by atoms with Crippen molar-refractivity contribution in [3.63, 3.8) is 0 Å². The van der Waals surface area contributed by atoms with Crippen LogP contribution in [-0.2, 0) is 0 Å². The van der Waals surface area contributed by atoms with Crippen LogP contribution in [0.15, 0.2) is 164 Å². The van der Waals surface area contributed by atoms with Gasteiger partial charge in [-0.3, -0.25) is 0 Å². The molecule has 219 valence electrons. The van der Waals surface area contributed by atoms with Crippen molar-refractivity contribution in [2.24, 2.45) is 0 Å². The average molecular weight is 587 g/mol. The molecule has 0 atom stereocenters. The highest BCUT2D eigenvalue weighted by molar-refractivity contribution is 6.53. The van der Waals surface area contributed by atoms with Crippen LogP contribution in [0.3, 0.4) is 0 Å². The predicted molar refractivity (Wildman–Crippen MR) is 187 cm³/mol. The molecule has 0 aliphatic rings. The third kappa shape index (κ3) is 7.36. The number of benzene rings is 5. The van der Waals surface area contributed by atoms with Gasteiger partial charge >= 0.3 is 0 Å². The van der Waals surface area contributed by atoms with Gasteiger partial charge in [0.05, 0.1) is 29.5 Å². The van der Waals surface area contributed by atoms with E-state index in [2.05, 4.69) is 34.6 Å². The molecule has 0 aromatic heterocycles. The van der Waals surface area contributed by atoms with Crippen molar-refractivity contribution in [2.45, 2.75) is 6.92 Å². The average Bonchev–Trinajstić information content (AvgIpc) is 3.09. The van der Waals surface area contributed by atoms with Gasteiger partial charge in [-0.25, -0.2) is 0 Å². The smallest absolute Gasteiger partial charge is 0.201 e. The molecule has 6 heteroatoms. The molecule has 1 radical (unpaired) electrons.